The number of benzene rings is 1. The van der Waals surface area contributed by atoms with Gasteiger partial charge in [0, 0.05) is 12.4 Å². The lowest BCUT2D eigenvalue weighted by Gasteiger charge is -2.22. The molecule has 0 aliphatic carbocycles. The van der Waals surface area contributed by atoms with Gasteiger partial charge in [-0.25, -0.2) is 9.89 Å². The number of ether oxygens (including phenoxy) is 2. The Bertz CT molecular complexity index is 1070. The van der Waals surface area contributed by atoms with Crippen LogP contribution in [0.2, 0.25) is 0 Å². The van der Waals surface area contributed by atoms with Gasteiger partial charge < -0.3 is 24.3 Å². The number of hydrogen-bond acceptors (Lipinski definition) is 7. The van der Waals surface area contributed by atoms with E-state index < -0.39 is 23.5 Å². The van der Waals surface area contributed by atoms with Crippen LogP contribution >= 0.6 is 0 Å². The Balaban J connectivity index is 2.21. The molecule has 2 aliphatic heterocycles. The van der Waals surface area contributed by atoms with Crippen molar-refractivity contribution in [3.8, 4) is 22.8 Å². The minimum Gasteiger partial charge on any atom is -0.504 e. The van der Waals surface area contributed by atoms with Crippen LogP contribution in [0.4, 0.5) is 0 Å². The van der Waals surface area contributed by atoms with E-state index in [9.17, 15) is 24.6 Å². The van der Waals surface area contributed by atoms with Crippen LogP contribution in [0.5, 0.6) is 11.5 Å². The zero-order valence-electron chi connectivity index (χ0n) is 15.0. The molecule has 0 saturated heterocycles. The number of carboxylic acids is 1. The number of H-pyrrole nitrogens is 1. The van der Waals surface area contributed by atoms with E-state index >= 15 is 0 Å². The molecule has 10 nitrogen and oxygen atoms in total. The summed E-state index contributed by atoms with van der Waals surface area (Å²) in [6, 6.07) is 3.64. The smallest absolute Gasteiger partial charge is 0.341 e. The summed E-state index contributed by atoms with van der Waals surface area (Å²) >= 11 is 0. The van der Waals surface area contributed by atoms with Crippen molar-refractivity contribution in [1.82, 2.24) is 14.8 Å². The van der Waals surface area contributed by atoms with Crippen LogP contribution in [-0.2, 0) is 9.53 Å². The quantitative estimate of drug-likeness (QED) is 0.536. The van der Waals surface area contributed by atoms with Crippen LogP contribution in [0, 0.1) is 0 Å². The summed E-state index contributed by atoms with van der Waals surface area (Å²) in [6.45, 7) is 0. The number of aromatic amines is 1. The number of methoxy groups -OCH3 is 2. The number of carbonyl (C=O) groups is 2. The van der Waals surface area contributed by atoms with Crippen molar-refractivity contribution in [1.29, 1.82) is 0 Å². The summed E-state index contributed by atoms with van der Waals surface area (Å²) < 4.78 is 11.2. The Hall–Kier alpha value is -3.82. The van der Waals surface area contributed by atoms with Crippen molar-refractivity contribution >= 4 is 11.9 Å². The average Bonchev–Trinajstić information content (AvgIpc) is 3.05. The lowest BCUT2D eigenvalue weighted by atomic mass is 10.0. The number of nitrogens with one attached hydrogen (secondary N) is 1. The largest absolute Gasteiger partial charge is 0.504 e. The Morgan fingerprint density at radius 2 is 2.04 bits per heavy atom. The molecule has 146 valence electrons. The Morgan fingerprint density at radius 1 is 1.29 bits per heavy atom. The van der Waals surface area contributed by atoms with E-state index in [1.165, 1.54) is 43.3 Å². The zero-order chi connectivity index (χ0) is 20.4. The van der Waals surface area contributed by atoms with Crippen molar-refractivity contribution < 1.29 is 29.3 Å². The lowest BCUT2D eigenvalue weighted by molar-refractivity contribution is -0.137. The molecule has 1 atom stereocenters. The number of rotatable bonds is 6. The molecule has 1 aromatic rings. The zero-order valence-corrected chi connectivity index (χ0v) is 15.0. The normalized spacial score (nSPS) is 11.9. The molecule has 0 bridgehead atoms. The number of phenols is 1. The minimum atomic E-state index is -1.11. The lowest BCUT2D eigenvalue weighted by Crippen LogP contribution is -2.19. The summed E-state index contributed by atoms with van der Waals surface area (Å²) in [4.78, 5) is 35.6. The molecular formula is C18H17N3O7. The van der Waals surface area contributed by atoms with E-state index in [0.717, 1.165) is 0 Å². The van der Waals surface area contributed by atoms with Crippen molar-refractivity contribution in [2.24, 2.45) is 0 Å². The number of esters is 1. The highest BCUT2D eigenvalue weighted by molar-refractivity contribution is 5.96. The van der Waals surface area contributed by atoms with Crippen LogP contribution < -0.4 is 10.3 Å². The Labute approximate surface area is 158 Å². The van der Waals surface area contributed by atoms with Gasteiger partial charge in [0.05, 0.1) is 32.2 Å². The first kappa shape index (κ1) is 19.0. The van der Waals surface area contributed by atoms with Gasteiger partial charge in [0.2, 0.25) is 0 Å². The first-order chi connectivity index (χ1) is 13.3. The number of fused-ring (bicyclic) bond motifs is 1. The molecule has 0 amide bonds. The van der Waals surface area contributed by atoms with Gasteiger partial charge in [-0.15, -0.1) is 0 Å². The van der Waals surface area contributed by atoms with E-state index in [-0.39, 0.29) is 34.7 Å². The monoisotopic (exact) mass is 387 g/mol. The topological polar surface area (TPSA) is 144 Å². The molecule has 0 radical (unpaired) electrons. The summed E-state index contributed by atoms with van der Waals surface area (Å²) in [6.07, 6.45) is 2.40. The average molecular weight is 387 g/mol. The third-order valence-electron chi connectivity index (χ3n) is 4.30. The first-order valence-corrected chi connectivity index (χ1v) is 8.12. The molecule has 3 rings (SSSR count). The predicted octanol–water partition coefficient (Wildman–Crippen LogP) is 1.24. The number of carbonyl (C=O) groups excluding carboxylic acids is 1. The summed E-state index contributed by atoms with van der Waals surface area (Å²) in [5.41, 5.74) is 0.153. The van der Waals surface area contributed by atoms with Gasteiger partial charge >= 0.3 is 11.9 Å². The maximum Gasteiger partial charge on any atom is 0.341 e. The SMILES string of the molecule is COC(=O)c1cn([C@@H](CC(=O)O)c2ccc(OC)c(O)c2)cc2c(=O)[nH]nc1-2. The van der Waals surface area contributed by atoms with Gasteiger partial charge in [0.1, 0.15) is 11.3 Å². The number of pyridine rings is 1. The van der Waals surface area contributed by atoms with Crippen LogP contribution in [0.15, 0.2) is 35.4 Å². The second kappa shape index (κ2) is 7.43. The number of hydrogen-bond donors (Lipinski definition) is 3. The molecule has 0 fully saturated rings. The van der Waals surface area contributed by atoms with Gasteiger partial charge in [-0.1, -0.05) is 6.07 Å². The van der Waals surface area contributed by atoms with Crippen LogP contribution in [0.3, 0.4) is 0 Å². The molecule has 3 N–H and O–H groups in total. The van der Waals surface area contributed by atoms with Crippen molar-refractivity contribution in [2.75, 3.05) is 14.2 Å². The molecular weight excluding hydrogens is 370 g/mol. The highest BCUT2D eigenvalue weighted by atomic mass is 16.5. The van der Waals surface area contributed by atoms with E-state index in [0.29, 0.717) is 5.56 Å². The van der Waals surface area contributed by atoms with Crippen molar-refractivity contribution in [2.45, 2.75) is 12.5 Å². The Morgan fingerprint density at radius 3 is 2.64 bits per heavy atom. The number of aromatic nitrogens is 3. The fourth-order valence-electron chi connectivity index (χ4n) is 2.97. The van der Waals surface area contributed by atoms with Gasteiger partial charge in [-0.3, -0.25) is 9.59 Å². The molecule has 2 heterocycles. The number of aliphatic carboxylic acids is 1. The third kappa shape index (κ3) is 3.39. The Kier molecular flexibility index (Phi) is 5.03. The highest BCUT2D eigenvalue weighted by Crippen LogP contribution is 2.33. The number of aromatic hydroxyl groups is 1. The second-order valence-corrected chi connectivity index (χ2v) is 5.97. The molecule has 2 aliphatic rings. The summed E-state index contributed by atoms with van der Waals surface area (Å²) in [7, 11) is 2.58. The number of carboxylic acid groups (broad SMARTS) is 1. The summed E-state index contributed by atoms with van der Waals surface area (Å²) in [5.74, 6) is -1.78. The van der Waals surface area contributed by atoms with Crippen molar-refractivity contribution in [3.05, 3.63) is 52.1 Å². The summed E-state index contributed by atoms with van der Waals surface area (Å²) in [5, 5.41) is 25.5. The van der Waals surface area contributed by atoms with Crippen LogP contribution in [-0.4, -0.2) is 51.1 Å². The molecule has 0 saturated carbocycles. The second-order valence-electron chi connectivity index (χ2n) is 5.97. The highest BCUT2D eigenvalue weighted by Gasteiger charge is 2.26. The van der Waals surface area contributed by atoms with Crippen molar-refractivity contribution in [3.63, 3.8) is 0 Å². The van der Waals surface area contributed by atoms with E-state index in [1.54, 1.807) is 6.07 Å². The maximum atomic E-state index is 12.1. The molecule has 0 aromatic heterocycles. The molecule has 10 heteroatoms. The van der Waals surface area contributed by atoms with Crippen LogP contribution in [0.25, 0.3) is 11.3 Å². The number of nitrogens with zero attached hydrogens (tertiary/aromatic N) is 2. The third-order valence-corrected chi connectivity index (χ3v) is 4.30. The molecule has 1 aromatic carbocycles. The van der Waals surface area contributed by atoms with E-state index in [2.05, 4.69) is 10.2 Å². The minimum absolute atomic E-state index is 0.00599. The first-order valence-electron chi connectivity index (χ1n) is 8.12. The fourth-order valence-corrected chi connectivity index (χ4v) is 2.97. The van der Waals surface area contributed by atoms with Gasteiger partial charge in [0.25, 0.3) is 5.56 Å². The molecule has 28 heavy (non-hydrogen) atoms. The maximum absolute atomic E-state index is 12.1. The van der Waals surface area contributed by atoms with E-state index in [4.69, 9.17) is 9.47 Å². The fraction of sp³-hybridized carbons (Fsp3) is 0.222. The predicted molar refractivity (Wildman–Crippen MR) is 95.9 cm³/mol. The van der Waals surface area contributed by atoms with Gasteiger partial charge in [-0.2, -0.15) is 5.10 Å². The molecule has 0 unspecified atom stereocenters. The number of phenolic OH excluding ortho intramolecular Hbond substituents is 1. The van der Waals surface area contributed by atoms with Gasteiger partial charge in [-0.05, 0) is 17.7 Å². The van der Waals surface area contributed by atoms with Gasteiger partial charge in [0.15, 0.2) is 11.5 Å². The standard InChI is InChI=1S/C18H17N3O7/c1-27-14-4-3-9(5-13(14)22)12(6-15(23)24)21-7-10-16(19-20-17(10)25)11(8-21)18(26)28-2/h3-5,7-8,12,22H,6H2,1-2H3,(H,20,25)(H,23,24)/t12-/m0/s1. The van der Waals surface area contributed by atoms with Crippen LogP contribution in [0.1, 0.15) is 28.4 Å². The molecule has 0 spiro atoms. The van der Waals surface area contributed by atoms with E-state index in [1.807, 2.05) is 0 Å².